The number of rotatable bonds is 1. The zero-order valence-electron chi connectivity index (χ0n) is 11.0. The van der Waals surface area contributed by atoms with Gasteiger partial charge in [0.25, 0.3) is 5.91 Å². The number of alkyl halides is 3. The van der Waals surface area contributed by atoms with Crippen LogP contribution in [0.2, 0.25) is 0 Å². The topological polar surface area (TPSA) is 38.1 Å². The number of hydrogen-bond donors (Lipinski definition) is 0. The van der Waals surface area contributed by atoms with Crippen molar-refractivity contribution in [3.8, 4) is 0 Å². The lowest BCUT2D eigenvalue weighted by atomic mass is 10.1. The lowest BCUT2D eigenvalue weighted by molar-refractivity contribution is -0.137. The summed E-state index contributed by atoms with van der Waals surface area (Å²) in [5.74, 6) is -0.395. The summed E-state index contributed by atoms with van der Waals surface area (Å²) in [4.78, 5) is 13.9. The normalized spacial score (nSPS) is 14.9. The van der Waals surface area contributed by atoms with Gasteiger partial charge in [0, 0.05) is 18.3 Å². The number of carbonyl (C=O) groups excluding carboxylic acids is 1. The molecule has 1 aromatic carbocycles. The van der Waals surface area contributed by atoms with Gasteiger partial charge in [0.15, 0.2) is 0 Å². The van der Waals surface area contributed by atoms with Crippen molar-refractivity contribution in [1.29, 1.82) is 0 Å². The van der Waals surface area contributed by atoms with E-state index in [0.29, 0.717) is 19.6 Å². The summed E-state index contributed by atoms with van der Waals surface area (Å²) in [6, 6.07) is 6.32. The Morgan fingerprint density at radius 2 is 2.00 bits per heavy atom. The molecule has 1 amide bonds. The maximum absolute atomic E-state index is 12.7. The highest BCUT2D eigenvalue weighted by atomic mass is 19.4. The van der Waals surface area contributed by atoms with Crippen molar-refractivity contribution in [3.63, 3.8) is 0 Å². The van der Waals surface area contributed by atoms with Gasteiger partial charge in [0.2, 0.25) is 0 Å². The Kier molecular flexibility index (Phi) is 3.19. The number of nitrogens with zero attached hydrogens (tertiary/aromatic N) is 3. The Bertz CT molecular complexity index is 678. The molecule has 0 saturated carbocycles. The molecule has 0 aliphatic carbocycles. The standard InChI is InChI=1S/C14H12F3N3O/c15-14(16,17)11-3-1-2-10(8-11)13(21)19-6-7-20-12(9-19)4-5-18-20/h1-5,8H,6-7,9H2. The van der Waals surface area contributed by atoms with Crippen molar-refractivity contribution in [2.75, 3.05) is 6.54 Å². The maximum Gasteiger partial charge on any atom is 0.416 e. The fraction of sp³-hybridized carbons (Fsp3) is 0.286. The Balaban J connectivity index is 1.83. The van der Waals surface area contributed by atoms with Crippen LogP contribution in [0.4, 0.5) is 13.2 Å². The summed E-state index contributed by atoms with van der Waals surface area (Å²) in [5, 5.41) is 4.10. The molecule has 3 rings (SSSR count). The van der Waals surface area contributed by atoms with Crippen LogP contribution in [-0.4, -0.2) is 27.1 Å². The molecule has 4 nitrogen and oxygen atoms in total. The van der Waals surface area contributed by atoms with Gasteiger partial charge in [-0.1, -0.05) is 6.07 Å². The summed E-state index contributed by atoms with van der Waals surface area (Å²) in [7, 11) is 0. The van der Waals surface area contributed by atoms with Crippen LogP contribution >= 0.6 is 0 Å². The molecule has 0 atom stereocenters. The first-order valence-corrected chi connectivity index (χ1v) is 6.42. The van der Waals surface area contributed by atoms with Crippen LogP contribution in [0, 0.1) is 0 Å². The van der Waals surface area contributed by atoms with Gasteiger partial charge in [0.05, 0.1) is 24.3 Å². The highest BCUT2D eigenvalue weighted by Crippen LogP contribution is 2.30. The molecule has 0 bridgehead atoms. The molecule has 0 spiro atoms. The van der Waals surface area contributed by atoms with Crippen LogP contribution in [0.15, 0.2) is 36.5 Å². The number of benzene rings is 1. The number of aromatic nitrogens is 2. The van der Waals surface area contributed by atoms with Crippen LogP contribution in [-0.2, 0) is 19.3 Å². The second kappa shape index (κ2) is 4.91. The van der Waals surface area contributed by atoms with E-state index in [-0.39, 0.29) is 5.56 Å². The number of fused-ring (bicyclic) bond motifs is 1. The lowest BCUT2D eigenvalue weighted by Crippen LogP contribution is -2.38. The first-order valence-electron chi connectivity index (χ1n) is 6.42. The highest BCUT2D eigenvalue weighted by Gasteiger charge is 2.31. The largest absolute Gasteiger partial charge is 0.416 e. The second-order valence-corrected chi connectivity index (χ2v) is 4.85. The molecule has 2 aromatic rings. The zero-order chi connectivity index (χ0) is 15.0. The van der Waals surface area contributed by atoms with Gasteiger partial charge in [-0.3, -0.25) is 9.48 Å². The molecule has 0 saturated heterocycles. The van der Waals surface area contributed by atoms with Crippen molar-refractivity contribution in [1.82, 2.24) is 14.7 Å². The first kappa shape index (κ1) is 13.7. The van der Waals surface area contributed by atoms with E-state index in [1.54, 1.807) is 16.9 Å². The van der Waals surface area contributed by atoms with E-state index in [1.165, 1.54) is 17.0 Å². The Morgan fingerprint density at radius 3 is 2.76 bits per heavy atom. The van der Waals surface area contributed by atoms with Gasteiger partial charge in [-0.15, -0.1) is 0 Å². The van der Waals surface area contributed by atoms with E-state index in [1.807, 2.05) is 0 Å². The van der Waals surface area contributed by atoms with E-state index in [2.05, 4.69) is 5.10 Å². The fourth-order valence-electron chi connectivity index (χ4n) is 2.37. The molecule has 110 valence electrons. The summed E-state index contributed by atoms with van der Waals surface area (Å²) in [6.07, 6.45) is -2.80. The van der Waals surface area contributed by atoms with Gasteiger partial charge < -0.3 is 4.90 Å². The predicted molar refractivity (Wildman–Crippen MR) is 68.4 cm³/mol. The Labute approximate surface area is 118 Å². The highest BCUT2D eigenvalue weighted by molar-refractivity contribution is 5.94. The van der Waals surface area contributed by atoms with Gasteiger partial charge in [0.1, 0.15) is 0 Å². The molecule has 1 aliphatic rings. The molecule has 1 aromatic heterocycles. The molecule has 0 fully saturated rings. The van der Waals surface area contributed by atoms with Crippen LogP contribution in [0.3, 0.4) is 0 Å². The first-order chi connectivity index (χ1) is 9.95. The molecule has 0 radical (unpaired) electrons. The van der Waals surface area contributed by atoms with Gasteiger partial charge in [-0.25, -0.2) is 0 Å². The van der Waals surface area contributed by atoms with Crippen LogP contribution in [0.5, 0.6) is 0 Å². The molecule has 1 aliphatic heterocycles. The number of halogens is 3. The van der Waals surface area contributed by atoms with Gasteiger partial charge in [-0.2, -0.15) is 18.3 Å². The minimum atomic E-state index is -4.45. The summed E-state index contributed by atoms with van der Waals surface area (Å²) in [5.41, 5.74) is 0.120. The predicted octanol–water partition coefficient (Wildman–Crippen LogP) is 2.56. The van der Waals surface area contributed by atoms with Crippen LogP contribution < -0.4 is 0 Å². The fourth-order valence-corrected chi connectivity index (χ4v) is 2.37. The lowest BCUT2D eigenvalue weighted by Gasteiger charge is -2.28. The van der Waals surface area contributed by atoms with E-state index in [4.69, 9.17) is 0 Å². The van der Waals surface area contributed by atoms with Crippen molar-refractivity contribution >= 4 is 5.91 Å². The molecule has 21 heavy (non-hydrogen) atoms. The van der Waals surface area contributed by atoms with Crippen molar-refractivity contribution in [2.24, 2.45) is 0 Å². The minimum Gasteiger partial charge on any atom is -0.331 e. The molecular weight excluding hydrogens is 283 g/mol. The third-order valence-electron chi connectivity index (χ3n) is 3.46. The SMILES string of the molecule is O=C(c1cccc(C(F)(F)F)c1)N1CCn2nccc2C1. The van der Waals surface area contributed by atoms with Crippen molar-refractivity contribution in [3.05, 3.63) is 53.3 Å². The average molecular weight is 295 g/mol. The smallest absolute Gasteiger partial charge is 0.331 e. The Morgan fingerprint density at radius 1 is 1.19 bits per heavy atom. The quantitative estimate of drug-likeness (QED) is 0.811. The average Bonchev–Trinajstić information content (AvgIpc) is 2.93. The van der Waals surface area contributed by atoms with E-state index in [9.17, 15) is 18.0 Å². The number of amides is 1. The molecule has 0 unspecified atom stereocenters. The summed E-state index contributed by atoms with van der Waals surface area (Å²) >= 11 is 0. The van der Waals surface area contributed by atoms with E-state index < -0.39 is 17.6 Å². The van der Waals surface area contributed by atoms with E-state index >= 15 is 0 Å². The van der Waals surface area contributed by atoms with Crippen molar-refractivity contribution in [2.45, 2.75) is 19.3 Å². The van der Waals surface area contributed by atoms with Crippen LogP contribution in [0.1, 0.15) is 21.6 Å². The summed E-state index contributed by atoms with van der Waals surface area (Å²) < 4.78 is 39.9. The number of carbonyl (C=O) groups is 1. The summed E-state index contributed by atoms with van der Waals surface area (Å²) in [6.45, 7) is 1.34. The third kappa shape index (κ3) is 2.63. The van der Waals surface area contributed by atoms with E-state index in [0.717, 1.165) is 17.8 Å². The van der Waals surface area contributed by atoms with Gasteiger partial charge >= 0.3 is 6.18 Å². The zero-order valence-corrected chi connectivity index (χ0v) is 11.0. The van der Waals surface area contributed by atoms with Gasteiger partial charge in [-0.05, 0) is 24.3 Å². The monoisotopic (exact) mass is 295 g/mol. The maximum atomic E-state index is 12.7. The molecule has 2 heterocycles. The molecular formula is C14H12F3N3O. The third-order valence-corrected chi connectivity index (χ3v) is 3.46. The minimum absolute atomic E-state index is 0.0535. The number of hydrogen-bond acceptors (Lipinski definition) is 2. The molecule has 7 heteroatoms. The van der Waals surface area contributed by atoms with Crippen molar-refractivity contribution < 1.29 is 18.0 Å². The Hall–Kier alpha value is -2.31. The van der Waals surface area contributed by atoms with Crippen LogP contribution in [0.25, 0.3) is 0 Å². The molecule has 0 N–H and O–H groups in total. The second-order valence-electron chi connectivity index (χ2n) is 4.85.